The zero-order chi connectivity index (χ0) is 16.9. The maximum absolute atomic E-state index is 12.1. The van der Waals surface area contributed by atoms with Crippen molar-refractivity contribution in [3.63, 3.8) is 0 Å². The molecule has 24 heavy (non-hydrogen) atoms. The summed E-state index contributed by atoms with van der Waals surface area (Å²) in [4.78, 5) is 30.8. The van der Waals surface area contributed by atoms with Gasteiger partial charge in [0.2, 0.25) is 5.78 Å². The lowest BCUT2D eigenvalue weighted by Gasteiger charge is -2.16. The van der Waals surface area contributed by atoms with Crippen molar-refractivity contribution in [3.05, 3.63) is 59.3 Å². The number of carbonyl (C=O) groups is 2. The molecular formula is C19H21N3O2. The summed E-state index contributed by atoms with van der Waals surface area (Å²) in [5.74, 6) is -0.161. The molecule has 0 bridgehead atoms. The number of rotatable bonds is 5. The predicted octanol–water partition coefficient (Wildman–Crippen LogP) is 2.49. The number of aromatic nitrogens is 1. The summed E-state index contributed by atoms with van der Waals surface area (Å²) >= 11 is 0. The summed E-state index contributed by atoms with van der Waals surface area (Å²) in [6.45, 7) is 4.30. The number of benzene rings is 1. The Morgan fingerprint density at radius 2 is 1.83 bits per heavy atom. The Morgan fingerprint density at radius 3 is 2.54 bits per heavy atom. The van der Waals surface area contributed by atoms with Crippen molar-refractivity contribution >= 4 is 17.5 Å². The third kappa shape index (κ3) is 3.79. The van der Waals surface area contributed by atoms with Gasteiger partial charge in [-0.05, 0) is 37.5 Å². The molecule has 2 aromatic rings. The quantitative estimate of drug-likeness (QED) is 0.678. The Balaban J connectivity index is 1.60. The Kier molecular flexibility index (Phi) is 4.89. The van der Waals surface area contributed by atoms with Crippen LogP contribution in [0, 0.1) is 6.92 Å². The fraction of sp³-hybridized carbons (Fsp3) is 0.316. The smallest absolute Gasteiger partial charge is 0.292 e. The molecule has 1 amide bonds. The van der Waals surface area contributed by atoms with Gasteiger partial charge < -0.3 is 10.2 Å². The fourth-order valence-corrected chi connectivity index (χ4v) is 2.79. The van der Waals surface area contributed by atoms with E-state index in [1.165, 1.54) is 12.8 Å². The van der Waals surface area contributed by atoms with E-state index in [4.69, 9.17) is 0 Å². The van der Waals surface area contributed by atoms with Crippen LogP contribution in [0.3, 0.4) is 0 Å². The molecule has 0 spiro atoms. The summed E-state index contributed by atoms with van der Waals surface area (Å²) in [7, 11) is 0. The zero-order valence-corrected chi connectivity index (χ0v) is 13.8. The van der Waals surface area contributed by atoms with E-state index in [-0.39, 0.29) is 0 Å². The Labute approximate surface area is 141 Å². The molecule has 1 aromatic heterocycles. The maximum atomic E-state index is 12.1. The summed E-state index contributed by atoms with van der Waals surface area (Å²) in [6.07, 6.45) is 4.12. The lowest BCUT2D eigenvalue weighted by Crippen LogP contribution is -2.30. The topological polar surface area (TPSA) is 62.3 Å². The second kappa shape index (κ2) is 7.25. The minimum absolute atomic E-state index is 0.319. The molecule has 3 rings (SSSR count). The van der Waals surface area contributed by atoms with Gasteiger partial charge in [0.25, 0.3) is 5.91 Å². The Bertz CT molecular complexity index is 735. The van der Waals surface area contributed by atoms with Gasteiger partial charge in [-0.25, -0.2) is 4.98 Å². The summed E-state index contributed by atoms with van der Waals surface area (Å²) in [5, 5.41) is 2.69. The highest BCUT2D eigenvalue weighted by Crippen LogP contribution is 2.18. The highest BCUT2D eigenvalue weighted by Gasteiger charge is 2.16. The van der Waals surface area contributed by atoms with Crippen molar-refractivity contribution in [2.45, 2.75) is 26.3 Å². The Hall–Kier alpha value is -2.69. The summed E-state index contributed by atoms with van der Waals surface area (Å²) in [6, 6.07) is 10.8. The average molecular weight is 323 g/mol. The number of hydrogen-bond donors (Lipinski definition) is 1. The first-order chi connectivity index (χ1) is 11.6. The molecule has 1 aliphatic heterocycles. The normalized spacial score (nSPS) is 13.8. The van der Waals surface area contributed by atoms with E-state index in [0.29, 0.717) is 12.1 Å². The lowest BCUT2D eigenvalue weighted by atomic mass is 10.1. The van der Waals surface area contributed by atoms with Crippen LogP contribution in [-0.4, -0.2) is 29.8 Å². The number of pyridine rings is 1. The van der Waals surface area contributed by atoms with Crippen LogP contribution in [0.1, 0.15) is 34.3 Å². The number of nitrogens with zero attached hydrogens (tertiary/aromatic N) is 2. The second-order valence-electron chi connectivity index (χ2n) is 6.09. The number of aryl methyl sites for hydroxylation is 1. The third-order valence-corrected chi connectivity index (χ3v) is 4.21. The largest absolute Gasteiger partial charge is 0.357 e. The molecule has 1 aromatic carbocycles. The molecule has 0 aliphatic carbocycles. The van der Waals surface area contributed by atoms with Crippen molar-refractivity contribution in [1.82, 2.24) is 10.3 Å². The number of anilines is 1. The van der Waals surface area contributed by atoms with Gasteiger partial charge in [-0.1, -0.05) is 29.8 Å². The van der Waals surface area contributed by atoms with E-state index < -0.39 is 11.7 Å². The first-order valence-electron chi connectivity index (χ1n) is 8.22. The van der Waals surface area contributed by atoms with Gasteiger partial charge in [-0.3, -0.25) is 9.59 Å². The van der Waals surface area contributed by atoms with E-state index in [2.05, 4.69) is 15.2 Å². The number of nitrogens with one attached hydrogen (secondary N) is 1. The van der Waals surface area contributed by atoms with Crippen molar-refractivity contribution in [2.24, 2.45) is 0 Å². The molecule has 5 nitrogen and oxygen atoms in total. The summed E-state index contributed by atoms with van der Waals surface area (Å²) in [5.41, 5.74) is 2.40. The van der Waals surface area contributed by atoms with Crippen molar-refractivity contribution in [1.29, 1.82) is 0 Å². The zero-order valence-electron chi connectivity index (χ0n) is 13.8. The first kappa shape index (κ1) is 16.2. The van der Waals surface area contributed by atoms with E-state index in [0.717, 1.165) is 30.0 Å². The van der Waals surface area contributed by atoms with Crippen LogP contribution in [-0.2, 0) is 11.3 Å². The molecule has 5 heteroatoms. The second-order valence-corrected chi connectivity index (χ2v) is 6.09. The van der Waals surface area contributed by atoms with Crippen LogP contribution in [0.2, 0.25) is 0 Å². The van der Waals surface area contributed by atoms with Gasteiger partial charge in [-0.15, -0.1) is 0 Å². The van der Waals surface area contributed by atoms with Crippen LogP contribution < -0.4 is 10.2 Å². The van der Waals surface area contributed by atoms with E-state index in [1.807, 2.05) is 31.2 Å². The van der Waals surface area contributed by atoms with Crippen LogP contribution in [0.15, 0.2) is 42.6 Å². The fourth-order valence-electron chi connectivity index (χ4n) is 2.79. The van der Waals surface area contributed by atoms with Gasteiger partial charge in [0, 0.05) is 31.4 Å². The molecule has 2 heterocycles. The number of amides is 1. The van der Waals surface area contributed by atoms with Crippen LogP contribution in [0.5, 0.6) is 0 Å². The standard InChI is InChI=1S/C19H21N3O2/c1-14-4-6-16(7-5-14)18(23)19(24)21-13-15-8-9-20-17(12-15)22-10-2-3-11-22/h4-9,12H,2-3,10-11,13H2,1H3,(H,21,24). The van der Waals surface area contributed by atoms with Gasteiger partial charge in [0.05, 0.1) is 0 Å². The molecule has 0 atom stereocenters. The molecule has 1 aliphatic rings. The third-order valence-electron chi connectivity index (χ3n) is 4.21. The number of carbonyl (C=O) groups excluding carboxylic acids is 2. The van der Waals surface area contributed by atoms with Crippen LogP contribution in [0.25, 0.3) is 0 Å². The van der Waals surface area contributed by atoms with Gasteiger partial charge >= 0.3 is 0 Å². The maximum Gasteiger partial charge on any atom is 0.292 e. The first-order valence-corrected chi connectivity index (χ1v) is 8.22. The predicted molar refractivity (Wildman–Crippen MR) is 93.0 cm³/mol. The number of hydrogen-bond acceptors (Lipinski definition) is 4. The van der Waals surface area contributed by atoms with E-state index in [9.17, 15) is 9.59 Å². The van der Waals surface area contributed by atoms with Gasteiger partial charge in [0.15, 0.2) is 0 Å². The van der Waals surface area contributed by atoms with E-state index >= 15 is 0 Å². The average Bonchev–Trinajstić information content (AvgIpc) is 3.15. The molecule has 0 unspecified atom stereocenters. The molecule has 124 valence electrons. The van der Waals surface area contributed by atoms with Gasteiger partial charge in [-0.2, -0.15) is 0 Å². The van der Waals surface area contributed by atoms with Crippen molar-refractivity contribution in [2.75, 3.05) is 18.0 Å². The highest BCUT2D eigenvalue weighted by molar-refractivity contribution is 6.42. The number of ketones is 1. The minimum Gasteiger partial charge on any atom is -0.357 e. The molecule has 1 N–H and O–H groups in total. The lowest BCUT2D eigenvalue weighted by molar-refractivity contribution is -0.117. The highest BCUT2D eigenvalue weighted by atomic mass is 16.2. The molecular weight excluding hydrogens is 302 g/mol. The van der Waals surface area contributed by atoms with Crippen LogP contribution in [0.4, 0.5) is 5.82 Å². The van der Waals surface area contributed by atoms with Crippen molar-refractivity contribution in [3.8, 4) is 0 Å². The molecule has 1 fully saturated rings. The molecule has 0 radical (unpaired) electrons. The Morgan fingerprint density at radius 1 is 1.12 bits per heavy atom. The van der Waals surface area contributed by atoms with E-state index in [1.54, 1.807) is 18.3 Å². The summed E-state index contributed by atoms with van der Waals surface area (Å²) < 4.78 is 0. The monoisotopic (exact) mass is 323 g/mol. The molecule has 0 saturated carbocycles. The van der Waals surface area contributed by atoms with Crippen LogP contribution >= 0.6 is 0 Å². The molecule has 1 saturated heterocycles. The SMILES string of the molecule is Cc1ccc(C(=O)C(=O)NCc2ccnc(N3CCCC3)c2)cc1. The van der Waals surface area contributed by atoms with Crippen molar-refractivity contribution < 1.29 is 9.59 Å². The van der Waals surface area contributed by atoms with Gasteiger partial charge in [0.1, 0.15) is 5.82 Å². The minimum atomic E-state index is -0.585. The number of Topliss-reactive ketones (excluding diaryl/α,β-unsaturated/α-hetero) is 1.